The normalized spacial score (nSPS) is 14.0. The van der Waals surface area contributed by atoms with Crippen molar-refractivity contribution in [3.8, 4) is 11.5 Å². The monoisotopic (exact) mass is 327 g/mol. The van der Waals surface area contributed by atoms with Gasteiger partial charge in [0.1, 0.15) is 0 Å². The van der Waals surface area contributed by atoms with Gasteiger partial charge < -0.3 is 11.5 Å². The Morgan fingerprint density at radius 2 is 1.17 bits per heavy atom. The van der Waals surface area contributed by atoms with E-state index in [-0.39, 0.29) is 24.7 Å². The van der Waals surface area contributed by atoms with Crippen molar-refractivity contribution < 1.29 is 21.1 Å². The first-order chi connectivity index (χ1) is 11.2. The minimum absolute atomic E-state index is 0.149. The first kappa shape index (κ1) is 15.6. The van der Waals surface area contributed by atoms with Crippen molar-refractivity contribution in [3.05, 3.63) is 60.7 Å². The number of benzene rings is 2. The smallest absolute Gasteiger partial charge is 0.587 e. The van der Waals surface area contributed by atoms with Crippen LogP contribution in [0.5, 0.6) is 11.5 Å². The molecular formula is C16H14AlNO5. The molecule has 0 unspecified atom stereocenters. The van der Waals surface area contributed by atoms with E-state index >= 15 is 0 Å². The molecule has 0 aliphatic carbocycles. The molecule has 0 aromatic heterocycles. The fourth-order valence-corrected chi connectivity index (χ4v) is 3.35. The van der Waals surface area contributed by atoms with Gasteiger partial charge >= 0.3 is 15.1 Å². The average molecular weight is 327 g/mol. The van der Waals surface area contributed by atoms with E-state index in [0.717, 1.165) is 5.06 Å². The molecule has 1 fully saturated rings. The van der Waals surface area contributed by atoms with E-state index in [0.29, 0.717) is 11.5 Å². The van der Waals surface area contributed by atoms with Gasteiger partial charge in [-0.15, -0.1) is 0 Å². The van der Waals surface area contributed by atoms with Gasteiger partial charge in [0, 0.05) is 12.8 Å². The number of carbonyl (C=O) groups excluding carboxylic acids is 2. The summed E-state index contributed by atoms with van der Waals surface area (Å²) in [6, 6.07) is 18.0. The lowest BCUT2D eigenvalue weighted by Gasteiger charge is -2.19. The van der Waals surface area contributed by atoms with Gasteiger partial charge in [-0.2, -0.15) is 5.06 Å². The Kier molecular flexibility index (Phi) is 4.93. The summed E-state index contributed by atoms with van der Waals surface area (Å²) in [7, 11) is 0. The number of hydroxylamine groups is 2. The molecule has 3 rings (SSSR count). The Morgan fingerprint density at radius 1 is 0.739 bits per heavy atom. The van der Waals surface area contributed by atoms with E-state index < -0.39 is 15.1 Å². The maximum atomic E-state index is 11.7. The Hall–Kier alpha value is -2.33. The zero-order valence-electron chi connectivity index (χ0n) is 12.3. The summed E-state index contributed by atoms with van der Waals surface area (Å²) >= 11 is -2.83. The number of amides is 2. The summed E-state index contributed by atoms with van der Waals surface area (Å²) in [6.07, 6.45) is 0.299. The number of rotatable bonds is 6. The lowest BCUT2D eigenvalue weighted by Crippen LogP contribution is -2.43. The molecule has 2 amide bonds. The third-order valence-corrected chi connectivity index (χ3v) is 4.46. The van der Waals surface area contributed by atoms with Crippen molar-refractivity contribution in [2.75, 3.05) is 0 Å². The molecule has 0 bridgehead atoms. The zero-order chi connectivity index (χ0) is 16.1. The molecule has 0 spiro atoms. The van der Waals surface area contributed by atoms with Crippen molar-refractivity contribution in [1.82, 2.24) is 5.06 Å². The molecule has 116 valence electrons. The molecule has 0 saturated carbocycles. The molecule has 0 atom stereocenters. The Labute approximate surface area is 138 Å². The van der Waals surface area contributed by atoms with Crippen molar-refractivity contribution >= 4 is 27.0 Å². The number of para-hydroxylation sites is 2. The summed E-state index contributed by atoms with van der Waals surface area (Å²) < 4.78 is 16.9. The fraction of sp³-hybridized carbons (Fsp3) is 0.125. The highest BCUT2D eigenvalue weighted by molar-refractivity contribution is 6.39. The highest BCUT2D eigenvalue weighted by atomic mass is 27.3. The summed E-state index contributed by atoms with van der Waals surface area (Å²) in [5.74, 6) is 0.361. The topological polar surface area (TPSA) is 65.1 Å². The number of carbonyl (C=O) groups is 2. The summed E-state index contributed by atoms with van der Waals surface area (Å²) in [6.45, 7) is 0. The van der Waals surface area contributed by atoms with Crippen molar-refractivity contribution in [3.63, 3.8) is 0 Å². The molecular weight excluding hydrogens is 313 g/mol. The van der Waals surface area contributed by atoms with Crippen LogP contribution in [0.15, 0.2) is 60.7 Å². The van der Waals surface area contributed by atoms with Gasteiger partial charge in [0.25, 0.3) is 11.8 Å². The molecule has 1 aliphatic rings. The van der Waals surface area contributed by atoms with E-state index in [1.165, 1.54) is 0 Å². The SMILES string of the molecule is O=C1CCC(=O)N1[O][Al]([O]c1ccccc1)[O]c1ccccc1. The minimum atomic E-state index is -2.83. The average Bonchev–Trinajstić information content (AvgIpc) is 2.89. The first-order valence-corrected chi connectivity index (χ1v) is 8.60. The third-order valence-electron chi connectivity index (χ3n) is 3.15. The van der Waals surface area contributed by atoms with Gasteiger partial charge in [-0.25, -0.2) is 0 Å². The number of hydrogen-bond acceptors (Lipinski definition) is 5. The molecule has 23 heavy (non-hydrogen) atoms. The molecule has 0 N–H and O–H groups in total. The molecule has 1 aliphatic heterocycles. The van der Waals surface area contributed by atoms with Gasteiger partial charge in [0.05, 0.1) is 11.5 Å². The number of hydrogen-bond donors (Lipinski definition) is 0. The van der Waals surface area contributed by atoms with Crippen LogP contribution in [-0.2, 0) is 13.5 Å². The Morgan fingerprint density at radius 3 is 1.61 bits per heavy atom. The van der Waals surface area contributed by atoms with E-state index in [1.807, 2.05) is 36.4 Å². The van der Waals surface area contributed by atoms with Crippen LogP contribution in [-0.4, -0.2) is 32.0 Å². The minimum Gasteiger partial charge on any atom is -0.587 e. The summed E-state index contributed by atoms with van der Waals surface area (Å²) in [4.78, 5) is 23.4. The molecule has 1 saturated heterocycles. The lowest BCUT2D eigenvalue weighted by atomic mass is 10.3. The van der Waals surface area contributed by atoms with E-state index in [1.54, 1.807) is 24.3 Å². The van der Waals surface area contributed by atoms with Gasteiger partial charge in [0.15, 0.2) is 0 Å². The van der Waals surface area contributed by atoms with Crippen LogP contribution in [0.4, 0.5) is 0 Å². The van der Waals surface area contributed by atoms with Crippen LogP contribution in [0.2, 0.25) is 0 Å². The fourth-order valence-electron chi connectivity index (χ4n) is 2.05. The molecule has 7 heteroatoms. The number of nitrogens with zero attached hydrogens (tertiary/aromatic N) is 1. The molecule has 1 heterocycles. The lowest BCUT2D eigenvalue weighted by molar-refractivity contribution is -0.169. The van der Waals surface area contributed by atoms with Crippen LogP contribution in [0.1, 0.15) is 12.8 Å². The Balaban J connectivity index is 1.75. The van der Waals surface area contributed by atoms with Crippen LogP contribution in [0, 0.1) is 0 Å². The molecule has 2 aromatic carbocycles. The largest absolute Gasteiger partial charge is 1.12 e. The highest BCUT2D eigenvalue weighted by Crippen LogP contribution is 2.18. The van der Waals surface area contributed by atoms with Crippen molar-refractivity contribution in [1.29, 1.82) is 0 Å². The zero-order valence-corrected chi connectivity index (χ0v) is 13.4. The predicted molar refractivity (Wildman–Crippen MR) is 82.1 cm³/mol. The van der Waals surface area contributed by atoms with Gasteiger partial charge in [-0.05, 0) is 24.3 Å². The predicted octanol–water partition coefficient (Wildman–Crippen LogP) is 2.21. The van der Waals surface area contributed by atoms with Crippen LogP contribution >= 0.6 is 0 Å². The quantitative estimate of drug-likeness (QED) is 0.601. The van der Waals surface area contributed by atoms with Crippen molar-refractivity contribution in [2.45, 2.75) is 12.8 Å². The van der Waals surface area contributed by atoms with Crippen LogP contribution in [0.3, 0.4) is 0 Å². The highest BCUT2D eigenvalue weighted by Gasteiger charge is 2.47. The second-order valence-electron chi connectivity index (χ2n) is 4.84. The first-order valence-electron chi connectivity index (χ1n) is 7.18. The summed E-state index contributed by atoms with van der Waals surface area (Å²) in [5, 5.41) is 0.767. The second kappa shape index (κ2) is 7.29. The second-order valence-corrected chi connectivity index (χ2v) is 6.10. The van der Waals surface area contributed by atoms with E-state index in [9.17, 15) is 9.59 Å². The maximum absolute atomic E-state index is 11.7. The van der Waals surface area contributed by atoms with Gasteiger partial charge in [-0.3, -0.25) is 9.59 Å². The summed E-state index contributed by atoms with van der Waals surface area (Å²) in [5.41, 5.74) is 0. The van der Waals surface area contributed by atoms with Crippen LogP contribution in [0.25, 0.3) is 0 Å². The molecule has 2 aromatic rings. The standard InChI is InChI=1S/2C6H6O.C4H4NO3.Al/c2*7-6-4-2-1-3-5-6;6-3-1-2-4(7)5(3)8;/h2*1-5,7H;1-2H2;/q;;-1;+3/p-2. The Bertz CT molecular complexity index is 622. The number of imide groups is 1. The third kappa shape index (κ3) is 4.11. The molecule has 0 radical (unpaired) electrons. The van der Waals surface area contributed by atoms with E-state index in [2.05, 4.69) is 0 Å². The van der Waals surface area contributed by atoms with Crippen molar-refractivity contribution in [2.24, 2.45) is 0 Å². The van der Waals surface area contributed by atoms with Crippen LogP contribution < -0.4 is 7.58 Å². The van der Waals surface area contributed by atoms with Gasteiger partial charge in [-0.1, -0.05) is 36.4 Å². The maximum Gasteiger partial charge on any atom is 1.12 e. The van der Waals surface area contributed by atoms with Gasteiger partial charge in [0.2, 0.25) is 0 Å². The molecule has 6 nitrogen and oxygen atoms in total. The van der Waals surface area contributed by atoms with E-state index in [4.69, 9.17) is 11.5 Å².